The van der Waals surface area contributed by atoms with Gasteiger partial charge in [-0.2, -0.15) is 5.26 Å². The molecule has 0 bridgehead atoms. The van der Waals surface area contributed by atoms with Crippen molar-refractivity contribution in [2.45, 2.75) is 32.7 Å². The van der Waals surface area contributed by atoms with Crippen molar-refractivity contribution in [3.8, 4) is 6.07 Å². The van der Waals surface area contributed by atoms with E-state index in [1.807, 2.05) is 6.92 Å². The molecule has 16 heavy (non-hydrogen) atoms. The summed E-state index contributed by atoms with van der Waals surface area (Å²) in [5.41, 5.74) is -0.459. The molecule has 1 unspecified atom stereocenters. The van der Waals surface area contributed by atoms with Crippen LogP contribution < -0.4 is 5.32 Å². The maximum Gasteiger partial charge on any atom is 0.116 e. The van der Waals surface area contributed by atoms with Gasteiger partial charge in [-0.3, -0.25) is 10.2 Å². The Hall–Kier alpha value is -0.630. The fourth-order valence-corrected chi connectivity index (χ4v) is 1.55. The molecule has 94 valence electrons. The van der Waals surface area contributed by atoms with Crippen molar-refractivity contribution in [2.75, 3.05) is 39.9 Å². The molecule has 1 N–H and O–H groups in total. The molecule has 0 aromatic heterocycles. The van der Waals surface area contributed by atoms with Crippen LogP contribution in [0.1, 0.15) is 27.2 Å². The molecule has 0 saturated heterocycles. The smallest absolute Gasteiger partial charge is 0.116 e. The number of methoxy groups -OCH3 is 1. The highest BCUT2D eigenvalue weighted by Crippen LogP contribution is 2.05. The summed E-state index contributed by atoms with van der Waals surface area (Å²) in [5, 5.41) is 12.5. The molecule has 0 aliphatic rings. The number of rotatable bonds is 9. The third-order valence-corrected chi connectivity index (χ3v) is 2.61. The Morgan fingerprint density at radius 3 is 2.56 bits per heavy atom. The Labute approximate surface area is 99.6 Å². The van der Waals surface area contributed by atoms with Gasteiger partial charge in [-0.1, -0.05) is 13.8 Å². The largest absolute Gasteiger partial charge is 0.383 e. The highest BCUT2D eigenvalue weighted by Gasteiger charge is 2.25. The molecular weight excluding hydrogens is 202 g/mol. The molecule has 0 saturated carbocycles. The SMILES string of the molecule is CCCNC(C)(C#N)CN(CC)CCOC. The summed E-state index contributed by atoms with van der Waals surface area (Å²) in [6.45, 7) is 10.3. The van der Waals surface area contributed by atoms with Gasteiger partial charge in [-0.15, -0.1) is 0 Å². The van der Waals surface area contributed by atoms with Crippen molar-refractivity contribution in [1.82, 2.24) is 10.2 Å². The molecule has 0 aliphatic carbocycles. The number of nitrogens with one attached hydrogen (secondary N) is 1. The van der Waals surface area contributed by atoms with Gasteiger partial charge in [0.1, 0.15) is 5.54 Å². The lowest BCUT2D eigenvalue weighted by Gasteiger charge is -2.30. The minimum absolute atomic E-state index is 0.459. The van der Waals surface area contributed by atoms with E-state index < -0.39 is 5.54 Å². The van der Waals surface area contributed by atoms with E-state index >= 15 is 0 Å². The van der Waals surface area contributed by atoms with Crippen molar-refractivity contribution < 1.29 is 4.74 Å². The van der Waals surface area contributed by atoms with E-state index in [0.717, 1.165) is 32.6 Å². The van der Waals surface area contributed by atoms with E-state index in [4.69, 9.17) is 4.74 Å². The lowest BCUT2D eigenvalue weighted by atomic mass is 10.0. The topological polar surface area (TPSA) is 48.3 Å². The Morgan fingerprint density at radius 2 is 2.12 bits per heavy atom. The lowest BCUT2D eigenvalue weighted by Crippen LogP contribution is -2.51. The molecule has 0 aromatic rings. The maximum atomic E-state index is 9.21. The molecule has 0 rings (SSSR count). The maximum absolute atomic E-state index is 9.21. The van der Waals surface area contributed by atoms with Crippen LogP contribution in [0.5, 0.6) is 0 Å². The number of hydrogen-bond acceptors (Lipinski definition) is 4. The first-order valence-electron chi connectivity index (χ1n) is 5.99. The van der Waals surface area contributed by atoms with E-state index in [2.05, 4.69) is 30.1 Å². The van der Waals surface area contributed by atoms with E-state index in [1.54, 1.807) is 7.11 Å². The van der Waals surface area contributed by atoms with E-state index in [1.165, 1.54) is 0 Å². The standard InChI is InChI=1S/C12H25N3O/c1-5-7-14-12(3,10-13)11-15(6-2)8-9-16-4/h14H,5-9,11H2,1-4H3. The van der Waals surface area contributed by atoms with Crippen LogP contribution in [0, 0.1) is 11.3 Å². The Kier molecular flexibility index (Phi) is 8.18. The summed E-state index contributed by atoms with van der Waals surface area (Å²) in [6.07, 6.45) is 1.04. The Morgan fingerprint density at radius 1 is 1.44 bits per heavy atom. The van der Waals surface area contributed by atoms with Crippen LogP contribution in [0.4, 0.5) is 0 Å². The molecule has 4 heteroatoms. The predicted octanol–water partition coefficient (Wildman–Crippen LogP) is 1.24. The molecule has 0 amide bonds. The first-order valence-corrected chi connectivity index (χ1v) is 5.99. The van der Waals surface area contributed by atoms with Crippen molar-refractivity contribution >= 4 is 0 Å². The molecule has 0 aromatic carbocycles. The molecule has 0 heterocycles. The summed E-state index contributed by atoms with van der Waals surface area (Å²) in [6, 6.07) is 2.36. The Bertz CT molecular complexity index is 215. The van der Waals surface area contributed by atoms with Gasteiger partial charge in [-0.25, -0.2) is 0 Å². The van der Waals surface area contributed by atoms with Crippen molar-refractivity contribution in [3.63, 3.8) is 0 Å². The van der Waals surface area contributed by atoms with E-state index in [-0.39, 0.29) is 0 Å². The third-order valence-electron chi connectivity index (χ3n) is 2.61. The third kappa shape index (κ3) is 6.06. The highest BCUT2D eigenvalue weighted by atomic mass is 16.5. The summed E-state index contributed by atoms with van der Waals surface area (Å²) >= 11 is 0. The van der Waals surface area contributed by atoms with E-state index in [0.29, 0.717) is 6.61 Å². The highest BCUT2D eigenvalue weighted by molar-refractivity contribution is 5.05. The molecule has 4 nitrogen and oxygen atoms in total. The van der Waals surface area contributed by atoms with Gasteiger partial charge in [0.2, 0.25) is 0 Å². The van der Waals surface area contributed by atoms with Crippen LogP contribution in [0.3, 0.4) is 0 Å². The van der Waals surface area contributed by atoms with Crippen LogP contribution in [0.25, 0.3) is 0 Å². The quantitative estimate of drug-likeness (QED) is 0.644. The van der Waals surface area contributed by atoms with Crippen LogP contribution in [0.15, 0.2) is 0 Å². The predicted molar refractivity (Wildman–Crippen MR) is 66.3 cm³/mol. The van der Waals surface area contributed by atoms with Crippen LogP contribution in [-0.2, 0) is 4.74 Å². The summed E-state index contributed by atoms with van der Waals surface area (Å²) in [4.78, 5) is 2.23. The van der Waals surface area contributed by atoms with Gasteiger partial charge in [-0.05, 0) is 26.4 Å². The number of likely N-dealkylation sites (N-methyl/N-ethyl adjacent to an activating group) is 1. The second-order valence-corrected chi connectivity index (χ2v) is 4.23. The molecule has 0 fully saturated rings. The zero-order valence-electron chi connectivity index (χ0n) is 11.0. The van der Waals surface area contributed by atoms with Crippen LogP contribution in [-0.4, -0.2) is 50.3 Å². The van der Waals surface area contributed by atoms with Gasteiger partial charge in [0.15, 0.2) is 0 Å². The minimum Gasteiger partial charge on any atom is -0.383 e. The van der Waals surface area contributed by atoms with Crippen LogP contribution in [0.2, 0.25) is 0 Å². The molecule has 1 atom stereocenters. The fourth-order valence-electron chi connectivity index (χ4n) is 1.55. The van der Waals surface area contributed by atoms with Gasteiger partial charge in [0, 0.05) is 20.2 Å². The lowest BCUT2D eigenvalue weighted by molar-refractivity contribution is 0.138. The van der Waals surface area contributed by atoms with Gasteiger partial charge >= 0.3 is 0 Å². The number of ether oxygens (including phenoxy) is 1. The second-order valence-electron chi connectivity index (χ2n) is 4.23. The zero-order valence-corrected chi connectivity index (χ0v) is 11.0. The summed E-state index contributed by atoms with van der Waals surface area (Å²) in [5.74, 6) is 0. The average molecular weight is 227 g/mol. The number of nitrogens with zero attached hydrogens (tertiary/aromatic N) is 2. The first kappa shape index (κ1) is 15.4. The molecular formula is C12H25N3O. The summed E-state index contributed by atoms with van der Waals surface area (Å²) < 4.78 is 5.06. The van der Waals surface area contributed by atoms with Gasteiger partial charge < -0.3 is 4.74 Å². The zero-order chi connectivity index (χ0) is 12.4. The van der Waals surface area contributed by atoms with Crippen LogP contribution >= 0.6 is 0 Å². The van der Waals surface area contributed by atoms with Crippen molar-refractivity contribution in [2.24, 2.45) is 0 Å². The van der Waals surface area contributed by atoms with E-state index in [9.17, 15) is 5.26 Å². The minimum atomic E-state index is -0.459. The molecule has 0 spiro atoms. The molecule has 0 radical (unpaired) electrons. The second kappa shape index (κ2) is 8.51. The average Bonchev–Trinajstić information content (AvgIpc) is 2.32. The number of hydrogen-bond donors (Lipinski definition) is 1. The van der Waals surface area contributed by atoms with Crippen molar-refractivity contribution in [3.05, 3.63) is 0 Å². The first-order chi connectivity index (χ1) is 7.61. The van der Waals surface area contributed by atoms with Gasteiger partial charge in [0.25, 0.3) is 0 Å². The summed E-state index contributed by atoms with van der Waals surface area (Å²) in [7, 11) is 1.70. The van der Waals surface area contributed by atoms with Gasteiger partial charge in [0.05, 0.1) is 12.7 Å². The molecule has 0 aliphatic heterocycles. The van der Waals surface area contributed by atoms with Crippen molar-refractivity contribution in [1.29, 1.82) is 5.26 Å². The monoisotopic (exact) mass is 227 g/mol. The normalized spacial score (nSPS) is 14.8. The Balaban J connectivity index is 4.20. The number of nitriles is 1. The fraction of sp³-hybridized carbons (Fsp3) is 0.917.